The quantitative estimate of drug-likeness (QED) is 0.197. The smallest absolute Gasteiger partial charge is 0.283 e. The number of hydrogen-bond donors (Lipinski definition) is 1. The number of nitrogens with zero attached hydrogens (tertiary/aromatic N) is 4. The Kier molecular flexibility index (Phi) is 6.88. The van der Waals surface area contributed by atoms with Crippen molar-refractivity contribution in [3.63, 3.8) is 0 Å². The lowest BCUT2D eigenvalue weighted by molar-refractivity contribution is -0.114. The van der Waals surface area contributed by atoms with Crippen LogP contribution in [0.5, 0.6) is 0 Å². The summed E-state index contributed by atoms with van der Waals surface area (Å²) in [5.41, 5.74) is 3.95. The number of carbonyl (C=O) groups excluding carboxylic acids is 1. The van der Waals surface area contributed by atoms with E-state index in [1.54, 1.807) is 11.0 Å². The van der Waals surface area contributed by atoms with E-state index in [-0.39, 0.29) is 11.4 Å². The first-order valence-corrected chi connectivity index (χ1v) is 14.2. The summed E-state index contributed by atoms with van der Waals surface area (Å²) in [6.07, 6.45) is 3.69. The monoisotopic (exact) mass is 575 g/mol. The van der Waals surface area contributed by atoms with E-state index in [1.165, 1.54) is 11.8 Å². The fraction of sp³-hybridized carbons (Fsp3) is 0.0714. The third kappa shape index (κ3) is 4.69. The van der Waals surface area contributed by atoms with Crippen molar-refractivity contribution in [3.8, 4) is 0 Å². The van der Waals surface area contributed by atoms with Crippen LogP contribution in [0.4, 0.5) is 0 Å². The molecule has 2 aliphatic rings. The van der Waals surface area contributed by atoms with Crippen molar-refractivity contribution in [2.75, 3.05) is 0 Å². The predicted molar refractivity (Wildman–Crippen MR) is 160 cm³/mol. The summed E-state index contributed by atoms with van der Waals surface area (Å²) in [6, 6.07) is 23.4. The summed E-state index contributed by atoms with van der Waals surface area (Å²) < 4.78 is 6.53. The summed E-state index contributed by atoms with van der Waals surface area (Å²) in [6.45, 7) is 0.464. The van der Waals surface area contributed by atoms with Crippen LogP contribution in [-0.2, 0) is 17.1 Å². The van der Waals surface area contributed by atoms with E-state index in [4.69, 9.17) is 28.6 Å². The summed E-state index contributed by atoms with van der Waals surface area (Å²) >= 11 is 15.5. The molecule has 0 saturated heterocycles. The van der Waals surface area contributed by atoms with Gasteiger partial charge in [0.15, 0.2) is 5.17 Å². The third-order valence-electron chi connectivity index (χ3n) is 6.21. The van der Waals surface area contributed by atoms with Crippen LogP contribution >= 0.6 is 46.9 Å². The summed E-state index contributed by atoms with van der Waals surface area (Å²) in [5, 5.41) is 12.1. The second-order valence-electron chi connectivity index (χ2n) is 8.61. The van der Waals surface area contributed by atoms with Crippen molar-refractivity contribution < 1.29 is 4.79 Å². The first-order chi connectivity index (χ1) is 18.5. The molecule has 1 N–H and O–H groups in total. The number of benzene rings is 3. The Morgan fingerprint density at radius 2 is 1.71 bits per heavy atom. The van der Waals surface area contributed by atoms with E-state index in [9.17, 15) is 4.79 Å². The molecule has 188 valence electrons. The molecular formula is C28H19Cl2N5OS2. The molecular weight excluding hydrogens is 557 g/mol. The van der Waals surface area contributed by atoms with Gasteiger partial charge in [0.1, 0.15) is 5.84 Å². The van der Waals surface area contributed by atoms with Gasteiger partial charge < -0.3 is 4.57 Å². The van der Waals surface area contributed by atoms with Crippen LogP contribution in [0.3, 0.4) is 0 Å². The van der Waals surface area contributed by atoms with Crippen molar-refractivity contribution >= 4 is 86.0 Å². The van der Waals surface area contributed by atoms with Gasteiger partial charge in [-0.05, 0) is 29.8 Å². The zero-order valence-corrected chi connectivity index (χ0v) is 22.9. The molecule has 2 aliphatic heterocycles. The SMILES string of the molecule is N=C1/C(=C/c2cn(Cc3c(Cl)cccc3Cl)c3ccccc23)C(=O)N=C2SN=C(SCc3ccccc3)N12. The molecule has 0 unspecified atom stereocenters. The Hall–Kier alpha value is -3.30. The number of rotatable bonds is 5. The maximum absolute atomic E-state index is 13.0. The van der Waals surface area contributed by atoms with Gasteiger partial charge in [-0.3, -0.25) is 10.2 Å². The summed E-state index contributed by atoms with van der Waals surface area (Å²) in [5.74, 6) is 0.307. The van der Waals surface area contributed by atoms with Gasteiger partial charge in [-0.2, -0.15) is 9.39 Å². The second-order valence-corrected chi connectivity index (χ2v) is 11.1. The molecule has 6 rings (SSSR count). The first-order valence-electron chi connectivity index (χ1n) is 11.7. The maximum atomic E-state index is 13.0. The van der Waals surface area contributed by atoms with E-state index >= 15 is 0 Å². The molecule has 0 radical (unpaired) electrons. The van der Waals surface area contributed by atoms with E-state index in [1.807, 2.05) is 79.0 Å². The van der Waals surface area contributed by atoms with E-state index < -0.39 is 5.91 Å². The first kappa shape index (κ1) is 25.0. The molecule has 3 heterocycles. The minimum absolute atomic E-state index is 0.0651. The molecule has 0 saturated carbocycles. The predicted octanol–water partition coefficient (Wildman–Crippen LogP) is 7.51. The number of aliphatic imine (C=N–C) groups is 1. The standard InChI is InChI=1S/C28H19Cl2N5OS2/c29-22-10-6-11-23(30)21(22)15-34-14-18(19-9-4-5-12-24(19)34)13-20-25(31)35-27(32-26(20)36)38-33-28(35)37-16-17-7-2-1-3-8-17/h1-14,31H,15-16H2/b20-13-,31-25?. The van der Waals surface area contributed by atoms with E-state index in [2.05, 4.69) is 14.0 Å². The lowest BCUT2D eigenvalue weighted by Gasteiger charge is -2.24. The van der Waals surface area contributed by atoms with Crippen LogP contribution in [0, 0.1) is 5.41 Å². The molecule has 1 aromatic heterocycles. The minimum atomic E-state index is -0.454. The Balaban J connectivity index is 1.33. The number of halogens is 2. The van der Waals surface area contributed by atoms with Crippen molar-refractivity contribution in [1.29, 1.82) is 5.41 Å². The highest BCUT2D eigenvalue weighted by Gasteiger charge is 2.37. The number of amidine groups is 3. The van der Waals surface area contributed by atoms with Gasteiger partial charge >= 0.3 is 0 Å². The number of nitrogens with one attached hydrogen (secondary N) is 1. The number of aromatic nitrogens is 1. The molecule has 6 nitrogen and oxygen atoms in total. The van der Waals surface area contributed by atoms with Gasteiger partial charge in [0.2, 0.25) is 5.17 Å². The Bertz CT molecular complexity index is 1670. The molecule has 3 aromatic carbocycles. The van der Waals surface area contributed by atoms with Crippen LogP contribution in [0.25, 0.3) is 17.0 Å². The molecule has 0 atom stereocenters. The molecule has 10 heteroatoms. The van der Waals surface area contributed by atoms with Gasteiger partial charge in [-0.25, -0.2) is 4.90 Å². The van der Waals surface area contributed by atoms with Crippen molar-refractivity contribution in [2.24, 2.45) is 9.39 Å². The van der Waals surface area contributed by atoms with Crippen molar-refractivity contribution in [1.82, 2.24) is 9.47 Å². The van der Waals surface area contributed by atoms with Gasteiger partial charge in [0.25, 0.3) is 5.91 Å². The van der Waals surface area contributed by atoms with Crippen LogP contribution in [-0.4, -0.2) is 31.5 Å². The fourth-order valence-corrected chi connectivity index (χ4v) is 6.66. The summed E-state index contributed by atoms with van der Waals surface area (Å²) in [7, 11) is 0. The Morgan fingerprint density at radius 1 is 0.974 bits per heavy atom. The van der Waals surface area contributed by atoms with Crippen LogP contribution < -0.4 is 0 Å². The van der Waals surface area contributed by atoms with Crippen molar-refractivity contribution in [3.05, 3.63) is 111 Å². The lowest BCUT2D eigenvalue weighted by Crippen LogP contribution is -2.41. The third-order valence-corrected chi connectivity index (χ3v) is 8.75. The highest BCUT2D eigenvalue weighted by molar-refractivity contribution is 8.18. The topological polar surface area (TPSA) is 73.8 Å². The molecule has 0 fully saturated rings. The van der Waals surface area contributed by atoms with Crippen LogP contribution in [0.1, 0.15) is 16.7 Å². The summed E-state index contributed by atoms with van der Waals surface area (Å²) in [4.78, 5) is 18.9. The van der Waals surface area contributed by atoms with Gasteiger partial charge in [-0.1, -0.05) is 89.6 Å². The normalized spacial score (nSPS) is 16.3. The average Bonchev–Trinajstić information content (AvgIpc) is 3.49. The van der Waals surface area contributed by atoms with E-state index in [0.29, 0.717) is 32.7 Å². The molecule has 4 aromatic rings. The second kappa shape index (κ2) is 10.5. The fourth-order valence-electron chi connectivity index (χ4n) is 4.35. The molecule has 38 heavy (non-hydrogen) atoms. The highest BCUT2D eigenvalue weighted by Crippen LogP contribution is 2.34. The Labute approximate surface area is 237 Å². The van der Waals surface area contributed by atoms with Crippen molar-refractivity contribution in [2.45, 2.75) is 12.3 Å². The molecule has 0 spiro atoms. The minimum Gasteiger partial charge on any atom is -0.342 e. The largest absolute Gasteiger partial charge is 0.342 e. The Morgan fingerprint density at radius 3 is 2.50 bits per heavy atom. The van der Waals surface area contributed by atoms with Gasteiger partial charge in [0, 0.05) is 44.0 Å². The number of hydrogen-bond acceptors (Lipinski definition) is 5. The number of thioether (sulfide) groups is 1. The molecule has 0 aliphatic carbocycles. The number of amides is 1. The van der Waals surface area contributed by atoms with E-state index in [0.717, 1.165) is 39.5 Å². The maximum Gasteiger partial charge on any atom is 0.283 e. The number of fused-ring (bicyclic) bond motifs is 2. The molecule has 1 amide bonds. The zero-order valence-electron chi connectivity index (χ0n) is 19.8. The highest BCUT2D eigenvalue weighted by atomic mass is 35.5. The number of carbonyl (C=O) groups is 1. The zero-order chi connectivity index (χ0) is 26.2. The van der Waals surface area contributed by atoms with Crippen LogP contribution in [0.15, 0.2) is 94.0 Å². The molecule has 0 bridgehead atoms. The average molecular weight is 577 g/mol. The van der Waals surface area contributed by atoms with Gasteiger partial charge in [-0.15, -0.1) is 0 Å². The lowest BCUT2D eigenvalue weighted by atomic mass is 10.1. The van der Waals surface area contributed by atoms with Gasteiger partial charge in [0.05, 0.1) is 24.1 Å². The number of para-hydroxylation sites is 1. The van der Waals surface area contributed by atoms with Crippen LogP contribution in [0.2, 0.25) is 10.0 Å².